The molecule has 5 heterocycles. The van der Waals surface area contributed by atoms with E-state index in [9.17, 15) is 0 Å². The maximum atomic E-state index is 6.48. The second-order valence-corrected chi connectivity index (χ2v) is 13.2. The second kappa shape index (κ2) is 12.1. The summed E-state index contributed by atoms with van der Waals surface area (Å²) >= 11 is 0. The molecule has 0 aliphatic heterocycles. The van der Waals surface area contributed by atoms with Crippen LogP contribution in [0.4, 0.5) is 0 Å². The van der Waals surface area contributed by atoms with Gasteiger partial charge in [0.2, 0.25) is 0 Å². The summed E-state index contributed by atoms with van der Waals surface area (Å²) in [6, 6.07) is 32.7. The van der Waals surface area contributed by atoms with Crippen molar-refractivity contribution in [3.63, 3.8) is 0 Å². The Morgan fingerprint density at radius 2 is 1.04 bits per heavy atom. The van der Waals surface area contributed by atoms with Crippen LogP contribution in [0.3, 0.4) is 0 Å². The summed E-state index contributed by atoms with van der Waals surface area (Å²) in [5.41, 5.74) is 14.1. The van der Waals surface area contributed by atoms with Gasteiger partial charge in [-0.25, -0.2) is 4.98 Å². The summed E-state index contributed by atoms with van der Waals surface area (Å²) in [4.78, 5) is 18.7. The van der Waals surface area contributed by atoms with Gasteiger partial charge in [-0.1, -0.05) is 94.3 Å². The predicted molar refractivity (Wildman–Crippen MR) is 204 cm³/mol. The third-order valence-corrected chi connectivity index (χ3v) is 10.1. The molecule has 0 spiro atoms. The minimum Gasteiger partial charge on any atom is -0.497 e. The third-order valence-electron chi connectivity index (χ3n) is 10.1. The van der Waals surface area contributed by atoms with Gasteiger partial charge in [0.25, 0.3) is 0 Å². The van der Waals surface area contributed by atoms with Crippen molar-refractivity contribution in [2.45, 2.75) is 27.7 Å². The van der Waals surface area contributed by atoms with E-state index in [2.05, 4.69) is 120 Å². The first kappa shape index (κ1) is 32.0. The molecule has 0 saturated heterocycles. The van der Waals surface area contributed by atoms with Crippen LogP contribution in [0.5, 0.6) is 11.5 Å². The van der Waals surface area contributed by atoms with E-state index in [1.807, 2.05) is 35.0 Å². The van der Waals surface area contributed by atoms with Crippen molar-refractivity contribution in [1.82, 2.24) is 28.7 Å². The molecule has 0 fully saturated rings. The number of imidazole rings is 2. The van der Waals surface area contributed by atoms with Gasteiger partial charge in [-0.2, -0.15) is 0 Å². The molecule has 8 heteroatoms. The molecule has 252 valence electrons. The number of hydrogen-bond donors (Lipinski definition) is 0. The number of nitrogens with zero attached hydrogens (tertiary/aromatic N) is 6. The molecule has 5 aromatic carbocycles. The van der Waals surface area contributed by atoms with E-state index in [1.54, 1.807) is 18.6 Å². The summed E-state index contributed by atoms with van der Waals surface area (Å²) in [7, 11) is 0. The summed E-state index contributed by atoms with van der Waals surface area (Å²) in [5, 5.41) is 4.79. The van der Waals surface area contributed by atoms with Crippen molar-refractivity contribution in [2.24, 2.45) is 0 Å². The quantitative estimate of drug-likeness (QED) is 0.130. The smallest absolute Gasteiger partial charge is 0.497 e. The Kier molecular flexibility index (Phi) is 7.46. The first-order valence-corrected chi connectivity index (χ1v) is 17.0. The van der Waals surface area contributed by atoms with E-state index >= 15 is 0 Å². The molecule has 10 aromatic rings. The van der Waals surface area contributed by atoms with E-state index < -0.39 is 0 Å². The van der Waals surface area contributed by atoms with Crippen molar-refractivity contribution < 1.29 is 25.8 Å². The molecule has 0 bridgehead atoms. The SMILES string of the molecule is Cc1cccc(C)c1-c1ccc2c3ccc(Oc4[c-]c5c(cc4)c4nccnc4n4ccnc54)[c-]c3c3nccn3c2c1-c1c(C)cccc1C.[Pt+2]. The van der Waals surface area contributed by atoms with Crippen LogP contribution in [0.15, 0.2) is 110 Å². The molecule has 5 aromatic heterocycles. The minimum atomic E-state index is 0. The van der Waals surface area contributed by atoms with E-state index in [0.29, 0.717) is 11.5 Å². The third kappa shape index (κ3) is 4.69. The van der Waals surface area contributed by atoms with Gasteiger partial charge < -0.3 is 13.5 Å². The van der Waals surface area contributed by atoms with Gasteiger partial charge in [-0.15, -0.1) is 12.1 Å². The van der Waals surface area contributed by atoms with Gasteiger partial charge in [0.1, 0.15) is 5.65 Å². The first-order chi connectivity index (χ1) is 25.0. The van der Waals surface area contributed by atoms with Crippen LogP contribution < -0.4 is 4.74 Å². The fraction of sp³-hybridized carbons (Fsp3) is 0.0909. The molecular weight excluding hydrogens is 824 g/mol. The first-order valence-electron chi connectivity index (χ1n) is 17.0. The fourth-order valence-electron chi connectivity index (χ4n) is 7.95. The van der Waals surface area contributed by atoms with Crippen molar-refractivity contribution in [3.8, 4) is 33.8 Å². The Morgan fingerprint density at radius 1 is 0.500 bits per heavy atom. The Hall–Kier alpha value is -5.91. The summed E-state index contributed by atoms with van der Waals surface area (Å²) in [6.45, 7) is 8.81. The van der Waals surface area contributed by atoms with Gasteiger partial charge in [0.05, 0.1) is 16.8 Å². The maximum absolute atomic E-state index is 6.48. The molecule has 0 unspecified atom stereocenters. The minimum absolute atomic E-state index is 0. The van der Waals surface area contributed by atoms with Crippen molar-refractivity contribution >= 4 is 54.9 Å². The molecule has 0 N–H and O–H groups in total. The van der Waals surface area contributed by atoms with Crippen LogP contribution in [-0.4, -0.2) is 28.7 Å². The van der Waals surface area contributed by atoms with Crippen LogP contribution in [0.1, 0.15) is 22.3 Å². The van der Waals surface area contributed by atoms with Crippen LogP contribution in [0, 0.1) is 39.8 Å². The van der Waals surface area contributed by atoms with Crippen molar-refractivity contribution in [2.75, 3.05) is 0 Å². The Morgan fingerprint density at radius 3 is 1.73 bits per heavy atom. The van der Waals surface area contributed by atoms with Crippen LogP contribution >= 0.6 is 0 Å². The average molecular weight is 854 g/mol. The Labute approximate surface area is 313 Å². The number of aryl methyl sites for hydroxylation is 4. The van der Waals surface area contributed by atoms with Gasteiger partial charge in [0, 0.05) is 59.8 Å². The molecule has 0 atom stereocenters. The number of pyridine rings is 2. The van der Waals surface area contributed by atoms with E-state index in [4.69, 9.17) is 9.72 Å². The molecule has 0 aliphatic carbocycles. The van der Waals surface area contributed by atoms with E-state index in [0.717, 1.165) is 54.9 Å². The zero-order valence-corrected chi connectivity index (χ0v) is 31.1. The zero-order valence-electron chi connectivity index (χ0n) is 28.8. The van der Waals surface area contributed by atoms with Gasteiger partial charge in [-0.05, 0) is 72.0 Å². The summed E-state index contributed by atoms with van der Waals surface area (Å²) in [5.74, 6) is 1.13. The predicted octanol–water partition coefficient (Wildman–Crippen LogP) is 10.3. The normalized spacial score (nSPS) is 11.7. The molecule has 0 amide bonds. The van der Waals surface area contributed by atoms with Gasteiger partial charge in [0.15, 0.2) is 0 Å². The van der Waals surface area contributed by atoms with Gasteiger partial charge >= 0.3 is 21.1 Å². The topological polar surface area (TPSA) is 69.6 Å². The van der Waals surface area contributed by atoms with Crippen LogP contribution in [-0.2, 0) is 21.1 Å². The fourth-order valence-corrected chi connectivity index (χ4v) is 7.95. The number of ether oxygens (including phenoxy) is 1. The standard InChI is InChI=1S/C44H30N6O.Pt/c1-25-7-5-8-26(2)37(25)34-16-15-33-31-13-11-29(23-35(31)42-47-19-21-49(42)41(33)39(34)38-27(3)9-6-10-28(38)4)51-30-12-14-32-36(24-30)43-48-20-22-50(43)44-40(32)45-17-18-46-44;/h5-22H,1-4H3;/q-2;+2. The number of rotatable bonds is 4. The molecular formula is C44H30N6OPt. The molecule has 0 radical (unpaired) electrons. The Bertz CT molecular complexity index is 3030. The molecule has 10 rings (SSSR count). The summed E-state index contributed by atoms with van der Waals surface area (Å²) < 4.78 is 10.6. The van der Waals surface area contributed by atoms with Crippen LogP contribution in [0.2, 0.25) is 0 Å². The summed E-state index contributed by atoms with van der Waals surface area (Å²) in [6.07, 6.45) is 11.0. The zero-order chi connectivity index (χ0) is 34.4. The van der Waals surface area contributed by atoms with Crippen LogP contribution in [0.25, 0.3) is 77.2 Å². The average Bonchev–Trinajstić information content (AvgIpc) is 3.84. The monoisotopic (exact) mass is 853 g/mol. The number of aromatic nitrogens is 6. The number of benzene rings is 5. The van der Waals surface area contributed by atoms with Crippen molar-refractivity contribution in [1.29, 1.82) is 0 Å². The molecule has 52 heavy (non-hydrogen) atoms. The van der Waals surface area contributed by atoms with Crippen molar-refractivity contribution in [3.05, 3.63) is 144 Å². The van der Waals surface area contributed by atoms with Gasteiger partial charge in [-0.3, -0.25) is 15.0 Å². The number of hydrogen-bond acceptors (Lipinski definition) is 5. The molecule has 0 aliphatic rings. The number of fused-ring (bicyclic) bond motifs is 12. The van der Waals surface area contributed by atoms with E-state index in [-0.39, 0.29) is 21.1 Å². The second-order valence-electron chi connectivity index (χ2n) is 13.2. The molecule has 0 saturated carbocycles. The Balaban J connectivity index is 0.00000360. The maximum Gasteiger partial charge on any atom is 2.00 e. The van der Waals surface area contributed by atoms with E-state index in [1.165, 1.54) is 44.5 Å². The molecule has 7 nitrogen and oxygen atoms in total. The largest absolute Gasteiger partial charge is 2.00 e.